The predicted octanol–water partition coefficient (Wildman–Crippen LogP) is 2.71. The topological polar surface area (TPSA) is 37.3 Å². The molecular formula is C13H14O2. The van der Waals surface area contributed by atoms with Crippen molar-refractivity contribution in [3.05, 3.63) is 47.6 Å². The van der Waals surface area contributed by atoms with E-state index in [1.807, 2.05) is 50.3 Å². The Labute approximate surface area is 89.3 Å². The van der Waals surface area contributed by atoms with E-state index in [1.54, 1.807) is 0 Å². The van der Waals surface area contributed by atoms with Crippen LogP contribution < -0.4 is 0 Å². The third kappa shape index (κ3) is 1.56. The molecule has 2 aliphatic rings. The van der Waals surface area contributed by atoms with Gasteiger partial charge in [-0.15, -0.1) is 0 Å². The van der Waals surface area contributed by atoms with E-state index in [4.69, 9.17) is 0 Å². The lowest BCUT2D eigenvalue weighted by atomic mass is 9.80. The summed E-state index contributed by atoms with van der Waals surface area (Å²) in [6.45, 7) is 3.93. The summed E-state index contributed by atoms with van der Waals surface area (Å²) in [5, 5.41) is 9.26. The quantitative estimate of drug-likeness (QED) is 0.709. The van der Waals surface area contributed by atoms with E-state index in [0.717, 1.165) is 11.1 Å². The van der Waals surface area contributed by atoms with Crippen molar-refractivity contribution in [1.82, 2.24) is 0 Å². The first-order valence-electron chi connectivity index (χ1n) is 5.03. The van der Waals surface area contributed by atoms with Crippen molar-refractivity contribution in [2.24, 2.45) is 11.3 Å². The molecule has 2 nitrogen and oxygen atoms in total. The first kappa shape index (κ1) is 9.97. The van der Waals surface area contributed by atoms with Gasteiger partial charge in [-0.05, 0) is 11.1 Å². The second-order valence-corrected chi connectivity index (χ2v) is 4.56. The lowest BCUT2D eigenvalue weighted by Gasteiger charge is -2.23. The van der Waals surface area contributed by atoms with Crippen LogP contribution in [0.15, 0.2) is 47.6 Å². The van der Waals surface area contributed by atoms with Crippen LogP contribution in [0.2, 0.25) is 0 Å². The van der Waals surface area contributed by atoms with Crippen LogP contribution in [0.25, 0.3) is 0 Å². The molecule has 1 N–H and O–H groups in total. The molecule has 1 unspecified atom stereocenters. The maximum Gasteiger partial charge on any atom is 0.311 e. The van der Waals surface area contributed by atoms with Crippen molar-refractivity contribution in [2.75, 3.05) is 0 Å². The Morgan fingerprint density at radius 3 is 2.73 bits per heavy atom. The molecule has 0 bridgehead atoms. The largest absolute Gasteiger partial charge is 0.481 e. The minimum absolute atomic E-state index is 0.303. The lowest BCUT2D eigenvalue weighted by molar-refractivity contribution is -0.142. The smallest absolute Gasteiger partial charge is 0.311 e. The van der Waals surface area contributed by atoms with Crippen LogP contribution in [0.1, 0.15) is 13.8 Å². The number of allylic oxidation sites excluding steroid dienone is 7. The second kappa shape index (κ2) is 3.23. The standard InChI is InChI=1S/C13H14O2/c1-13(2)8-9-6-4-3-5-7-10(9)11(13)12(14)15/h3-8,11H,1-2H3,(H,14,15). The number of carboxylic acid groups (broad SMARTS) is 1. The Morgan fingerprint density at radius 2 is 2.07 bits per heavy atom. The molecule has 0 saturated carbocycles. The van der Waals surface area contributed by atoms with E-state index in [1.165, 1.54) is 0 Å². The van der Waals surface area contributed by atoms with E-state index in [0.29, 0.717) is 0 Å². The van der Waals surface area contributed by atoms with Crippen LogP contribution in [0.3, 0.4) is 0 Å². The van der Waals surface area contributed by atoms with Crippen molar-refractivity contribution >= 4 is 5.97 Å². The molecule has 0 aromatic heterocycles. The van der Waals surface area contributed by atoms with Gasteiger partial charge in [-0.1, -0.05) is 50.3 Å². The molecule has 0 heterocycles. The number of hydrogen-bond acceptors (Lipinski definition) is 1. The molecule has 15 heavy (non-hydrogen) atoms. The summed E-state index contributed by atoms with van der Waals surface area (Å²) >= 11 is 0. The first-order valence-corrected chi connectivity index (χ1v) is 5.03. The van der Waals surface area contributed by atoms with E-state index in [2.05, 4.69) is 0 Å². The number of fused-ring (bicyclic) bond motifs is 1. The molecule has 1 atom stereocenters. The van der Waals surface area contributed by atoms with Crippen LogP contribution in [0, 0.1) is 11.3 Å². The van der Waals surface area contributed by atoms with Gasteiger partial charge in [0.25, 0.3) is 0 Å². The van der Waals surface area contributed by atoms with E-state index in [-0.39, 0.29) is 5.41 Å². The summed E-state index contributed by atoms with van der Waals surface area (Å²) in [7, 11) is 0. The summed E-state index contributed by atoms with van der Waals surface area (Å²) in [5.74, 6) is -1.18. The maximum absolute atomic E-state index is 11.3. The highest BCUT2D eigenvalue weighted by atomic mass is 16.4. The fourth-order valence-electron chi connectivity index (χ4n) is 2.31. The minimum Gasteiger partial charge on any atom is -0.481 e. The highest BCUT2D eigenvalue weighted by molar-refractivity contribution is 5.80. The van der Waals surface area contributed by atoms with Crippen LogP contribution in [0.4, 0.5) is 0 Å². The van der Waals surface area contributed by atoms with Crippen LogP contribution >= 0.6 is 0 Å². The Hall–Kier alpha value is -1.57. The van der Waals surface area contributed by atoms with Gasteiger partial charge in [-0.3, -0.25) is 4.79 Å². The van der Waals surface area contributed by atoms with Gasteiger partial charge in [-0.2, -0.15) is 0 Å². The monoisotopic (exact) mass is 202 g/mol. The number of aliphatic carboxylic acids is 1. The minimum atomic E-state index is -0.749. The van der Waals surface area contributed by atoms with E-state index in [9.17, 15) is 9.90 Å². The molecule has 0 aliphatic heterocycles. The Morgan fingerprint density at radius 1 is 1.33 bits per heavy atom. The fourth-order valence-corrected chi connectivity index (χ4v) is 2.31. The molecule has 0 radical (unpaired) electrons. The molecule has 2 aliphatic carbocycles. The highest BCUT2D eigenvalue weighted by Gasteiger charge is 2.42. The van der Waals surface area contributed by atoms with Crippen LogP contribution in [0.5, 0.6) is 0 Å². The van der Waals surface area contributed by atoms with Crippen LogP contribution in [-0.4, -0.2) is 11.1 Å². The lowest BCUT2D eigenvalue weighted by Crippen LogP contribution is -2.26. The van der Waals surface area contributed by atoms with Gasteiger partial charge in [0, 0.05) is 5.41 Å². The summed E-state index contributed by atoms with van der Waals surface area (Å²) in [6.07, 6.45) is 11.7. The molecule has 2 rings (SSSR count). The van der Waals surface area contributed by atoms with Gasteiger partial charge in [-0.25, -0.2) is 0 Å². The zero-order chi connectivity index (χ0) is 11.1. The van der Waals surface area contributed by atoms with Crippen molar-refractivity contribution < 1.29 is 9.90 Å². The van der Waals surface area contributed by atoms with Gasteiger partial charge < -0.3 is 5.11 Å². The Bertz CT molecular complexity index is 420. The molecule has 78 valence electrons. The Kier molecular flexibility index (Phi) is 2.14. The number of hydrogen-bond donors (Lipinski definition) is 1. The molecule has 0 aromatic rings. The van der Waals surface area contributed by atoms with Gasteiger partial charge in [0.2, 0.25) is 0 Å². The molecular weight excluding hydrogens is 188 g/mol. The highest BCUT2D eigenvalue weighted by Crippen LogP contribution is 2.45. The van der Waals surface area contributed by atoms with E-state index < -0.39 is 11.9 Å². The van der Waals surface area contributed by atoms with Crippen molar-refractivity contribution in [3.63, 3.8) is 0 Å². The molecule has 0 amide bonds. The summed E-state index contributed by atoms with van der Waals surface area (Å²) in [4.78, 5) is 11.3. The van der Waals surface area contributed by atoms with Gasteiger partial charge in [0.15, 0.2) is 0 Å². The van der Waals surface area contributed by atoms with Crippen LogP contribution in [-0.2, 0) is 4.79 Å². The predicted molar refractivity (Wildman–Crippen MR) is 59.4 cm³/mol. The number of carbonyl (C=O) groups is 1. The SMILES string of the molecule is CC1(C)C=C2C=CC=CC=C2C1C(=O)O. The molecule has 0 aromatic carbocycles. The first-order chi connectivity index (χ1) is 7.02. The maximum atomic E-state index is 11.3. The second-order valence-electron chi connectivity index (χ2n) is 4.56. The summed E-state index contributed by atoms with van der Waals surface area (Å²) in [6, 6.07) is 0. The molecule has 0 fully saturated rings. The summed E-state index contributed by atoms with van der Waals surface area (Å²) < 4.78 is 0. The van der Waals surface area contributed by atoms with Gasteiger partial charge in [0.05, 0.1) is 5.92 Å². The van der Waals surface area contributed by atoms with Crippen molar-refractivity contribution in [2.45, 2.75) is 13.8 Å². The normalized spacial score (nSPS) is 26.7. The van der Waals surface area contributed by atoms with Crippen molar-refractivity contribution in [3.8, 4) is 0 Å². The molecule has 0 spiro atoms. The number of carboxylic acids is 1. The van der Waals surface area contributed by atoms with E-state index >= 15 is 0 Å². The number of rotatable bonds is 1. The molecule has 0 saturated heterocycles. The van der Waals surface area contributed by atoms with Gasteiger partial charge in [0.1, 0.15) is 0 Å². The van der Waals surface area contributed by atoms with Crippen molar-refractivity contribution in [1.29, 1.82) is 0 Å². The zero-order valence-corrected chi connectivity index (χ0v) is 8.90. The molecule has 2 heteroatoms. The fraction of sp³-hybridized carbons (Fsp3) is 0.308. The average molecular weight is 202 g/mol. The average Bonchev–Trinajstić information content (AvgIpc) is 2.29. The summed E-state index contributed by atoms with van der Waals surface area (Å²) in [5.41, 5.74) is 1.65. The zero-order valence-electron chi connectivity index (χ0n) is 8.90. The third-order valence-electron chi connectivity index (χ3n) is 2.94. The Balaban J connectivity index is 2.52. The van der Waals surface area contributed by atoms with Gasteiger partial charge >= 0.3 is 5.97 Å². The third-order valence-corrected chi connectivity index (χ3v) is 2.94.